The predicted octanol–water partition coefficient (Wildman–Crippen LogP) is 2.61. The van der Waals surface area contributed by atoms with Crippen LogP contribution in [-0.4, -0.2) is 18.1 Å². The highest BCUT2D eigenvalue weighted by Crippen LogP contribution is 2.30. The van der Waals surface area contributed by atoms with Crippen molar-refractivity contribution in [3.63, 3.8) is 0 Å². The van der Waals surface area contributed by atoms with Crippen molar-refractivity contribution >= 4 is 11.6 Å². The van der Waals surface area contributed by atoms with Gasteiger partial charge in [0.15, 0.2) is 23.3 Å². The molecule has 0 spiro atoms. The molecule has 1 aromatic heterocycles. The highest BCUT2D eigenvalue weighted by Gasteiger charge is 2.26. The fourth-order valence-corrected chi connectivity index (χ4v) is 1.96. The quantitative estimate of drug-likeness (QED) is 0.833. The van der Waals surface area contributed by atoms with Crippen LogP contribution in [0.3, 0.4) is 0 Å². The minimum absolute atomic E-state index is 0.0660. The lowest BCUT2D eigenvalue weighted by molar-refractivity contribution is 0.307. The Morgan fingerprint density at radius 3 is 2.44 bits per heavy atom. The summed E-state index contributed by atoms with van der Waals surface area (Å²) >= 11 is 0. The van der Waals surface area contributed by atoms with Gasteiger partial charge in [-0.05, 0) is 18.8 Å². The van der Waals surface area contributed by atoms with Crippen LogP contribution < -0.4 is 10.6 Å². The first-order chi connectivity index (χ1) is 7.60. The zero-order valence-corrected chi connectivity index (χ0v) is 9.35. The summed E-state index contributed by atoms with van der Waals surface area (Å²) in [6, 6.07) is 1.11. The van der Waals surface area contributed by atoms with Crippen LogP contribution in [0.4, 0.5) is 20.4 Å². The van der Waals surface area contributed by atoms with E-state index in [1.54, 1.807) is 7.05 Å². The second-order valence-electron chi connectivity index (χ2n) is 4.32. The van der Waals surface area contributed by atoms with E-state index in [9.17, 15) is 8.78 Å². The van der Waals surface area contributed by atoms with E-state index in [1.165, 1.54) is 0 Å². The molecule has 1 saturated carbocycles. The standard InChI is InChI=1S/C11H15F2N3/c1-6-3-7(4-6)15-11-9(13)5-8(12)10(14-2)16-11/h5-7H,3-4H2,1-2H3,(H2,14,15,16). The highest BCUT2D eigenvalue weighted by atomic mass is 19.1. The van der Waals surface area contributed by atoms with Crippen LogP contribution in [0.25, 0.3) is 0 Å². The van der Waals surface area contributed by atoms with Gasteiger partial charge in [-0.3, -0.25) is 0 Å². The minimum Gasteiger partial charge on any atom is -0.371 e. The first-order valence-electron chi connectivity index (χ1n) is 5.40. The van der Waals surface area contributed by atoms with Crippen molar-refractivity contribution < 1.29 is 8.78 Å². The zero-order chi connectivity index (χ0) is 11.7. The molecule has 0 aromatic carbocycles. The van der Waals surface area contributed by atoms with Crippen molar-refractivity contribution in [1.82, 2.24) is 4.98 Å². The third kappa shape index (κ3) is 2.08. The van der Waals surface area contributed by atoms with Crippen LogP contribution in [-0.2, 0) is 0 Å². The molecule has 1 heterocycles. The van der Waals surface area contributed by atoms with E-state index in [-0.39, 0.29) is 17.7 Å². The van der Waals surface area contributed by atoms with Gasteiger partial charge in [-0.2, -0.15) is 0 Å². The Hall–Kier alpha value is -1.39. The van der Waals surface area contributed by atoms with E-state index >= 15 is 0 Å². The molecule has 0 radical (unpaired) electrons. The lowest BCUT2D eigenvalue weighted by Gasteiger charge is -2.33. The van der Waals surface area contributed by atoms with Crippen molar-refractivity contribution in [3.8, 4) is 0 Å². The number of aromatic nitrogens is 1. The molecule has 2 rings (SSSR count). The predicted molar refractivity (Wildman–Crippen MR) is 59.5 cm³/mol. The Bertz CT molecular complexity index is 389. The SMILES string of the molecule is CNc1nc(NC2CC(C)C2)c(F)cc1F. The van der Waals surface area contributed by atoms with E-state index in [0.717, 1.165) is 18.9 Å². The largest absolute Gasteiger partial charge is 0.371 e. The van der Waals surface area contributed by atoms with Gasteiger partial charge in [0, 0.05) is 19.2 Å². The van der Waals surface area contributed by atoms with Crippen LogP contribution in [0.15, 0.2) is 6.07 Å². The number of hydrogen-bond donors (Lipinski definition) is 2. The molecule has 0 saturated heterocycles. The molecule has 1 aromatic rings. The van der Waals surface area contributed by atoms with E-state index in [1.807, 2.05) is 0 Å². The topological polar surface area (TPSA) is 37.0 Å². The smallest absolute Gasteiger partial charge is 0.168 e. The van der Waals surface area contributed by atoms with Crippen molar-refractivity contribution in [2.45, 2.75) is 25.8 Å². The van der Waals surface area contributed by atoms with Gasteiger partial charge in [0.1, 0.15) is 0 Å². The number of nitrogens with one attached hydrogen (secondary N) is 2. The molecule has 1 fully saturated rings. The average Bonchev–Trinajstić information content (AvgIpc) is 2.19. The number of rotatable bonds is 3. The highest BCUT2D eigenvalue weighted by molar-refractivity contribution is 5.47. The summed E-state index contributed by atoms with van der Waals surface area (Å²) in [5.74, 6) is -0.452. The van der Waals surface area contributed by atoms with Gasteiger partial charge in [-0.15, -0.1) is 0 Å². The average molecular weight is 227 g/mol. The molecular formula is C11H15F2N3. The number of nitrogens with zero attached hydrogens (tertiary/aromatic N) is 1. The number of pyridine rings is 1. The molecule has 0 bridgehead atoms. The van der Waals surface area contributed by atoms with Crippen LogP contribution in [0.5, 0.6) is 0 Å². The summed E-state index contributed by atoms with van der Waals surface area (Å²) < 4.78 is 26.5. The van der Waals surface area contributed by atoms with Crippen LogP contribution in [0, 0.1) is 17.6 Å². The second kappa shape index (κ2) is 4.23. The minimum atomic E-state index is -0.674. The molecular weight excluding hydrogens is 212 g/mol. The summed E-state index contributed by atoms with van der Waals surface area (Å²) in [5, 5.41) is 5.57. The Morgan fingerprint density at radius 1 is 1.25 bits per heavy atom. The fraction of sp³-hybridized carbons (Fsp3) is 0.545. The van der Waals surface area contributed by atoms with Gasteiger partial charge in [-0.25, -0.2) is 13.8 Å². The third-order valence-corrected chi connectivity index (χ3v) is 2.88. The van der Waals surface area contributed by atoms with Gasteiger partial charge in [0.05, 0.1) is 0 Å². The van der Waals surface area contributed by atoms with Gasteiger partial charge in [-0.1, -0.05) is 6.92 Å². The van der Waals surface area contributed by atoms with Crippen LogP contribution in [0.1, 0.15) is 19.8 Å². The van der Waals surface area contributed by atoms with Crippen molar-refractivity contribution in [2.75, 3.05) is 17.7 Å². The number of halogens is 2. The number of anilines is 2. The van der Waals surface area contributed by atoms with Crippen molar-refractivity contribution in [3.05, 3.63) is 17.7 Å². The van der Waals surface area contributed by atoms with E-state index in [4.69, 9.17) is 0 Å². The summed E-state index contributed by atoms with van der Waals surface area (Å²) in [6.45, 7) is 2.14. The summed E-state index contributed by atoms with van der Waals surface area (Å²) in [4.78, 5) is 3.86. The molecule has 0 atom stereocenters. The molecule has 1 aliphatic carbocycles. The molecule has 3 nitrogen and oxygen atoms in total. The second-order valence-corrected chi connectivity index (χ2v) is 4.32. The van der Waals surface area contributed by atoms with Gasteiger partial charge >= 0.3 is 0 Å². The van der Waals surface area contributed by atoms with Gasteiger partial charge in [0.2, 0.25) is 0 Å². The fourth-order valence-electron chi connectivity index (χ4n) is 1.96. The van der Waals surface area contributed by atoms with Gasteiger partial charge < -0.3 is 10.6 Å². The maximum absolute atomic E-state index is 13.4. The van der Waals surface area contributed by atoms with Crippen molar-refractivity contribution in [2.24, 2.45) is 5.92 Å². The zero-order valence-electron chi connectivity index (χ0n) is 9.35. The monoisotopic (exact) mass is 227 g/mol. The lowest BCUT2D eigenvalue weighted by atomic mass is 9.82. The Morgan fingerprint density at radius 2 is 1.88 bits per heavy atom. The maximum atomic E-state index is 13.4. The third-order valence-electron chi connectivity index (χ3n) is 2.88. The maximum Gasteiger partial charge on any atom is 0.168 e. The molecule has 1 aliphatic rings. The summed E-state index contributed by atoms with van der Waals surface area (Å²) in [5.41, 5.74) is 0. The summed E-state index contributed by atoms with van der Waals surface area (Å²) in [6.07, 6.45) is 2.01. The van der Waals surface area contributed by atoms with E-state index in [0.29, 0.717) is 5.92 Å². The summed E-state index contributed by atoms with van der Waals surface area (Å²) in [7, 11) is 1.55. The molecule has 5 heteroatoms. The molecule has 2 N–H and O–H groups in total. The van der Waals surface area contributed by atoms with Gasteiger partial charge in [0.25, 0.3) is 0 Å². The Kier molecular flexibility index (Phi) is 2.94. The Labute approximate surface area is 93.3 Å². The Balaban J connectivity index is 2.13. The molecule has 0 unspecified atom stereocenters. The van der Waals surface area contributed by atoms with E-state index < -0.39 is 11.6 Å². The molecule has 16 heavy (non-hydrogen) atoms. The van der Waals surface area contributed by atoms with Crippen LogP contribution >= 0.6 is 0 Å². The normalized spacial score (nSPS) is 23.8. The first-order valence-corrected chi connectivity index (χ1v) is 5.40. The van der Waals surface area contributed by atoms with Crippen LogP contribution in [0.2, 0.25) is 0 Å². The molecule has 88 valence electrons. The first kappa shape index (κ1) is 11.1. The molecule has 0 amide bonds. The molecule has 0 aliphatic heterocycles. The van der Waals surface area contributed by atoms with E-state index in [2.05, 4.69) is 22.5 Å². The number of hydrogen-bond acceptors (Lipinski definition) is 3. The van der Waals surface area contributed by atoms with Crippen molar-refractivity contribution in [1.29, 1.82) is 0 Å². The lowest BCUT2D eigenvalue weighted by Crippen LogP contribution is -2.34.